The molecule has 1 aromatic carbocycles. The lowest BCUT2D eigenvalue weighted by Crippen LogP contribution is -2.38. The average Bonchev–Trinajstić information content (AvgIpc) is 3.17. The Kier molecular flexibility index (Phi) is 7.01. The number of carbonyl (C=O) groups is 1. The van der Waals surface area contributed by atoms with E-state index in [-0.39, 0.29) is 17.9 Å². The van der Waals surface area contributed by atoms with Crippen LogP contribution in [0, 0.1) is 17.3 Å². The highest BCUT2D eigenvalue weighted by Crippen LogP contribution is 2.47. The van der Waals surface area contributed by atoms with Crippen LogP contribution in [0.1, 0.15) is 70.3 Å². The standard InChI is InChI=1S/C26H39NO5/c1-17(29)26(2)16-27(25(30)15-28)14-22(26)20-9-11-23(31-3)24(13-20)32-21-10-8-18-6-4-5-7-19(18)12-21/h9,11,13,17-19,21-22,28-29H,4-8,10,12,14-16H2,1-3H3. The molecule has 2 aliphatic carbocycles. The molecule has 2 N–H and O–H groups in total. The minimum atomic E-state index is -0.600. The molecule has 3 aliphatic rings. The first-order valence-electron chi connectivity index (χ1n) is 12.3. The number of hydrogen-bond donors (Lipinski definition) is 2. The van der Waals surface area contributed by atoms with Gasteiger partial charge in [0.15, 0.2) is 11.5 Å². The van der Waals surface area contributed by atoms with Crippen molar-refractivity contribution < 1.29 is 24.5 Å². The molecule has 2 saturated carbocycles. The summed E-state index contributed by atoms with van der Waals surface area (Å²) in [7, 11) is 1.66. The number of aliphatic hydroxyl groups is 2. The maximum Gasteiger partial charge on any atom is 0.248 e. The number of methoxy groups -OCH3 is 1. The molecule has 1 saturated heterocycles. The van der Waals surface area contributed by atoms with Gasteiger partial charge >= 0.3 is 0 Å². The highest BCUT2D eigenvalue weighted by Gasteiger charge is 2.48. The van der Waals surface area contributed by atoms with Gasteiger partial charge in [0.1, 0.15) is 6.61 Å². The van der Waals surface area contributed by atoms with E-state index in [4.69, 9.17) is 9.47 Å². The molecule has 178 valence electrons. The number of likely N-dealkylation sites (tertiary alicyclic amines) is 1. The molecule has 6 unspecified atom stereocenters. The zero-order chi connectivity index (χ0) is 22.9. The van der Waals surface area contributed by atoms with Crippen LogP contribution in [0.15, 0.2) is 18.2 Å². The van der Waals surface area contributed by atoms with Crippen molar-refractivity contribution in [3.8, 4) is 11.5 Å². The highest BCUT2D eigenvalue weighted by molar-refractivity contribution is 5.77. The summed E-state index contributed by atoms with van der Waals surface area (Å²) < 4.78 is 12.2. The van der Waals surface area contributed by atoms with Gasteiger partial charge in [0.2, 0.25) is 5.91 Å². The van der Waals surface area contributed by atoms with Crippen LogP contribution in [0.5, 0.6) is 11.5 Å². The number of ether oxygens (including phenoxy) is 2. The molecule has 6 heteroatoms. The summed E-state index contributed by atoms with van der Waals surface area (Å²) in [6, 6.07) is 6.00. The van der Waals surface area contributed by atoms with Gasteiger partial charge in [-0.1, -0.05) is 38.7 Å². The first-order valence-corrected chi connectivity index (χ1v) is 12.3. The van der Waals surface area contributed by atoms with Gasteiger partial charge in [0.05, 0.1) is 19.3 Å². The van der Waals surface area contributed by atoms with Crippen LogP contribution in [0.2, 0.25) is 0 Å². The van der Waals surface area contributed by atoms with Gasteiger partial charge < -0.3 is 24.6 Å². The maximum atomic E-state index is 12.2. The van der Waals surface area contributed by atoms with E-state index in [1.807, 2.05) is 25.1 Å². The Morgan fingerprint density at radius 3 is 2.62 bits per heavy atom. The van der Waals surface area contributed by atoms with Crippen molar-refractivity contribution in [3.05, 3.63) is 23.8 Å². The Bertz CT molecular complexity index is 811. The van der Waals surface area contributed by atoms with Gasteiger partial charge in [-0.25, -0.2) is 0 Å². The van der Waals surface area contributed by atoms with E-state index in [0.29, 0.717) is 13.1 Å². The fourth-order valence-corrected chi connectivity index (χ4v) is 6.33. The lowest BCUT2D eigenvalue weighted by Gasteiger charge is -2.39. The average molecular weight is 446 g/mol. The van der Waals surface area contributed by atoms with Crippen molar-refractivity contribution in [1.82, 2.24) is 4.90 Å². The lowest BCUT2D eigenvalue weighted by atomic mass is 9.70. The Labute approximate surface area is 191 Å². The Morgan fingerprint density at radius 2 is 1.94 bits per heavy atom. The van der Waals surface area contributed by atoms with Crippen LogP contribution in [0.3, 0.4) is 0 Å². The molecule has 0 aromatic heterocycles. The van der Waals surface area contributed by atoms with E-state index in [1.54, 1.807) is 18.9 Å². The molecular formula is C26H39NO5. The number of hydrogen-bond acceptors (Lipinski definition) is 5. The smallest absolute Gasteiger partial charge is 0.248 e. The summed E-state index contributed by atoms with van der Waals surface area (Å²) >= 11 is 0. The minimum Gasteiger partial charge on any atom is -0.493 e. The van der Waals surface area contributed by atoms with Gasteiger partial charge in [-0.3, -0.25) is 4.79 Å². The van der Waals surface area contributed by atoms with E-state index in [2.05, 4.69) is 0 Å². The monoisotopic (exact) mass is 445 g/mol. The first-order chi connectivity index (χ1) is 15.4. The molecule has 1 aromatic rings. The largest absolute Gasteiger partial charge is 0.493 e. The molecule has 0 radical (unpaired) electrons. The van der Waals surface area contributed by atoms with E-state index >= 15 is 0 Å². The zero-order valence-corrected chi connectivity index (χ0v) is 19.8. The second-order valence-electron chi connectivity index (χ2n) is 10.4. The summed E-state index contributed by atoms with van der Waals surface area (Å²) in [5.74, 6) is 2.78. The second kappa shape index (κ2) is 9.60. The third-order valence-corrected chi connectivity index (χ3v) is 8.55. The molecule has 6 nitrogen and oxygen atoms in total. The van der Waals surface area contributed by atoms with Crippen molar-refractivity contribution in [2.45, 2.75) is 76.9 Å². The van der Waals surface area contributed by atoms with Crippen molar-refractivity contribution in [2.75, 3.05) is 26.8 Å². The van der Waals surface area contributed by atoms with Crippen LogP contribution in [-0.2, 0) is 4.79 Å². The molecule has 0 bridgehead atoms. The van der Waals surface area contributed by atoms with Crippen LogP contribution in [0.25, 0.3) is 0 Å². The fourth-order valence-electron chi connectivity index (χ4n) is 6.33. The number of carbonyl (C=O) groups excluding carboxylic acids is 1. The molecule has 32 heavy (non-hydrogen) atoms. The zero-order valence-electron chi connectivity index (χ0n) is 19.8. The lowest BCUT2D eigenvalue weighted by molar-refractivity contribution is -0.133. The first kappa shape index (κ1) is 23.4. The highest BCUT2D eigenvalue weighted by atomic mass is 16.5. The predicted molar refractivity (Wildman–Crippen MR) is 123 cm³/mol. The number of aliphatic hydroxyl groups excluding tert-OH is 2. The molecule has 6 atom stereocenters. The SMILES string of the molecule is COc1ccc(C2CN(C(=O)CO)CC2(C)C(C)O)cc1OC1CCC2CCCCC2C1. The normalized spacial score (nSPS) is 33.5. The molecule has 4 rings (SSSR count). The Hall–Kier alpha value is -1.79. The molecule has 1 amide bonds. The number of benzene rings is 1. The number of amides is 1. The molecule has 3 fully saturated rings. The maximum absolute atomic E-state index is 12.2. The van der Waals surface area contributed by atoms with Crippen LogP contribution < -0.4 is 9.47 Å². The van der Waals surface area contributed by atoms with Crippen molar-refractivity contribution in [1.29, 1.82) is 0 Å². The summed E-state index contributed by atoms with van der Waals surface area (Å²) in [4.78, 5) is 13.9. The number of nitrogens with zero attached hydrogens (tertiary/aromatic N) is 1. The van der Waals surface area contributed by atoms with Crippen molar-refractivity contribution in [3.63, 3.8) is 0 Å². The van der Waals surface area contributed by atoms with Crippen molar-refractivity contribution in [2.24, 2.45) is 17.3 Å². The van der Waals surface area contributed by atoms with E-state index in [9.17, 15) is 15.0 Å². The topological polar surface area (TPSA) is 79.2 Å². The summed E-state index contributed by atoms with van der Waals surface area (Å²) in [6.45, 7) is 4.18. The molecule has 1 heterocycles. The minimum absolute atomic E-state index is 0.0552. The fraction of sp³-hybridized carbons (Fsp3) is 0.731. The summed E-state index contributed by atoms with van der Waals surface area (Å²) in [5.41, 5.74) is 0.528. The Balaban J connectivity index is 1.56. The molecular weight excluding hydrogens is 406 g/mol. The van der Waals surface area contributed by atoms with Gasteiger partial charge in [-0.2, -0.15) is 0 Å². The third kappa shape index (κ3) is 4.49. The summed E-state index contributed by atoms with van der Waals surface area (Å²) in [6.07, 6.45) is 8.47. The quantitative estimate of drug-likeness (QED) is 0.697. The second-order valence-corrected chi connectivity index (χ2v) is 10.4. The van der Waals surface area contributed by atoms with Crippen LogP contribution >= 0.6 is 0 Å². The van der Waals surface area contributed by atoms with E-state index in [1.165, 1.54) is 32.1 Å². The summed E-state index contributed by atoms with van der Waals surface area (Å²) in [5, 5.41) is 19.9. The van der Waals surface area contributed by atoms with E-state index in [0.717, 1.165) is 41.7 Å². The molecule has 1 aliphatic heterocycles. The van der Waals surface area contributed by atoms with Gasteiger partial charge in [-0.05, 0) is 55.7 Å². The van der Waals surface area contributed by atoms with Crippen molar-refractivity contribution >= 4 is 5.91 Å². The van der Waals surface area contributed by atoms with Gasteiger partial charge in [-0.15, -0.1) is 0 Å². The van der Waals surface area contributed by atoms with Crippen LogP contribution in [0.4, 0.5) is 0 Å². The predicted octanol–water partition coefficient (Wildman–Crippen LogP) is 3.74. The Morgan fingerprint density at radius 1 is 1.19 bits per heavy atom. The third-order valence-electron chi connectivity index (χ3n) is 8.55. The van der Waals surface area contributed by atoms with E-state index < -0.39 is 18.1 Å². The number of fused-ring (bicyclic) bond motifs is 1. The van der Waals surface area contributed by atoms with Crippen LogP contribution in [-0.4, -0.2) is 60.0 Å². The van der Waals surface area contributed by atoms with Gasteiger partial charge in [0, 0.05) is 24.4 Å². The van der Waals surface area contributed by atoms with Gasteiger partial charge in [0.25, 0.3) is 0 Å². The number of rotatable bonds is 6. The molecule has 0 spiro atoms.